The Morgan fingerprint density at radius 1 is 1.17 bits per heavy atom. The van der Waals surface area contributed by atoms with Gasteiger partial charge in [-0.3, -0.25) is 0 Å². The van der Waals surface area contributed by atoms with Crippen LogP contribution < -0.4 is 0 Å². The topological polar surface area (TPSA) is 62.6 Å². The van der Waals surface area contributed by atoms with Crippen LogP contribution in [0.15, 0.2) is 48.7 Å². The molecule has 3 aromatic rings. The molecule has 1 fully saturated rings. The summed E-state index contributed by atoms with van der Waals surface area (Å²) in [5.74, 6) is -0.493. The van der Waals surface area contributed by atoms with Crippen LogP contribution in [0.3, 0.4) is 0 Å². The number of hydrogen-bond acceptors (Lipinski definition) is 5. The summed E-state index contributed by atoms with van der Waals surface area (Å²) < 4.78 is 19.0. The van der Waals surface area contributed by atoms with Crippen molar-refractivity contribution in [2.45, 2.75) is 37.6 Å². The third-order valence-electron chi connectivity index (χ3n) is 5.06. The largest absolute Gasteiger partial charge is 0.394 e. The number of halogens is 2. The summed E-state index contributed by atoms with van der Waals surface area (Å²) in [4.78, 5) is 5.86. The fraction of sp³-hybridized carbons (Fsp3) is 0.318. The molecule has 1 unspecified atom stereocenters. The van der Waals surface area contributed by atoms with Gasteiger partial charge in [-0.25, -0.2) is 4.98 Å². The molecule has 0 spiro atoms. The number of aliphatic hydroxyl groups excluding tert-OH is 2. The van der Waals surface area contributed by atoms with Crippen molar-refractivity contribution in [1.82, 2.24) is 4.98 Å². The lowest BCUT2D eigenvalue weighted by Gasteiger charge is -2.32. The molecule has 2 N–H and O–H groups in total. The minimum absolute atomic E-state index is 0.107. The second-order valence-electron chi connectivity index (χ2n) is 7.22. The quantitative estimate of drug-likeness (QED) is 0.569. The molecule has 29 heavy (non-hydrogen) atoms. The van der Waals surface area contributed by atoms with Crippen molar-refractivity contribution in [3.8, 4) is 10.4 Å². The minimum Gasteiger partial charge on any atom is -0.394 e. The molecule has 1 aliphatic heterocycles. The summed E-state index contributed by atoms with van der Waals surface area (Å²) >= 11 is 8.05. The first-order valence-electron chi connectivity index (χ1n) is 9.45. The zero-order chi connectivity index (χ0) is 20.4. The fourth-order valence-corrected chi connectivity index (χ4v) is 4.80. The molecule has 0 aliphatic carbocycles. The number of pyridine rings is 1. The molecule has 0 amide bonds. The van der Waals surface area contributed by atoms with Gasteiger partial charge >= 0.3 is 0 Å². The number of benzene rings is 1. The SMILES string of the molecule is OC[C@@H]1C[C@H](O)CC(c2ccc(Cl)c(Cc3ccc(-c4ccc(F)nc4)s3)c2)O1. The Kier molecular flexibility index (Phi) is 6.27. The highest BCUT2D eigenvalue weighted by molar-refractivity contribution is 7.15. The first-order valence-corrected chi connectivity index (χ1v) is 10.6. The maximum atomic E-state index is 13.0. The van der Waals surface area contributed by atoms with Gasteiger partial charge in [-0.2, -0.15) is 4.39 Å². The van der Waals surface area contributed by atoms with E-state index >= 15 is 0 Å². The van der Waals surface area contributed by atoms with Gasteiger partial charge in [0.2, 0.25) is 5.95 Å². The maximum Gasteiger partial charge on any atom is 0.212 e. The van der Waals surface area contributed by atoms with E-state index in [9.17, 15) is 14.6 Å². The molecular formula is C22H21ClFNO3S. The predicted molar refractivity (Wildman–Crippen MR) is 112 cm³/mol. The smallest absolute Gasteiger partial charge is 0.212 e. The van der Waals surface area contributed by atoms with Crippen LogP contribution in [0.25, 0.3) is 10.4 Å². The Balaban J connectivity index is 1.53. The molecule has 0 radical (unpaired) electrons. The third kappa shape index (κ3) is 4.85. The van der Waals surface area contributed by atoms with E-state index in [4.69, 9.17) is 16.3 Å². The molecular weight excluding hydrogens is 413 g/mol. The highest BCUT2D eigenvalue weighted by Crippen LogP contribution is 2.35. The molecule has 3 atom stereocenters. The van der Waals surface area contributed by atoms with Crippen LogP contribution in [-0.4, -0.2) is 34.0 Å². The number of thiophene rings is 1. The summed E-state index contributed by atoms with van der Waals surface area (Å²) in [6, 6.07) is 12.9. The van der Waals surface area contributed by atoms with Crippen LogP contribution in [0.1, 0.15) is 34.9 Å². The lowest BCUT2D eigenvalue weighted by Crippen LogP contribution is -2.33. The van der Waals surface area contributed by atoms with E-state index in [-0.39, 0.29) is 18.8 Å². The van der Waals surface area contributed by atoms with Crippen molar-refractivity contribution >= 4 is 22.9 Å². The fourth-order valence-electron chi connectivity index (χ4n) is 3.59. The number of aliphatic hydroxyl groups is 2. The highest BCUT2D eigenvalue weighted by atomic mass is 35.5. The van der Waals surface area contributed by atoms with Crippen LogP contribution in [-0.2, 0) is 11.2 Å². The second kappa shape index (κ2) is 8.90. The van der Waals surface area contributed by atoms with Gasteiger partial charge in [-0.05, 0) is 41.5 Å². The first-order chi connectivity index (χ1) is 14.0. The molecule has 2 aromatic heterocycles. The highest BCUT2D eigenvalue weighted by Gasteiger charge is 2.29. The molecule has 7 heteroatoms. The zero-order valence-corrected chi connectivity index (χ0v) is 17.2. The van der Waals surface area contributed by atoms with Crippen LogP contribution in [0.5, 0.6) is 0 Å². The number of rotatable bonds is 5. The molecule has 1 aliphatic rings. The number of hydrogen-bond donors (Lipinski definition) is 2. The minimum atomic E-state index is -0.493. The van der Waals surface area contributed by atoms with Gasteiger partial charge in [0, 0.05) is 45.8 Å². The van der Waals surface area contributed by atoms with E-state index in [0.29, 0.717) is 24.3 Å². The summed E-state index contributed by atoms with van der Waals surface area (Å²) in [6.07, 6.45) is 2.02. The van der Waals surface area contributed by atoms with Crippen molar-refractivity contribution in [3.63, 3.8) is 0 Å². The third-order valence-corrected chi connectivity index (χ3v) is 6.56. The standard InChI is InChI=1S/C22H21ClFNO3S/c23-19-4-1-13(20-10-16(27)9-17(12-26)28-20)7-15(19)8-18-3-5-21(29-18)14-2-6-22(24)25-11-14/h1-7,11,16-17,20,26-27H,8-10,12H2/t16-,17-,20?/m0/s1. The molecule has 4 rings (SSSR count). The van der Waals surface area contributed by atoms with Crippen LogP contribution in [0.2, 0.25) is 5.02 Å². The number of aromatic nitrogens is 1. The van der Waals surface area contributed by atoms with E-state index in [1.165, 1.54) is 12.3 Å². The van der Waals surface area contributed by atoms with E-state index in [2.05, 4.69) is 4.98 Å². The average molecular weight is 434 g/mol. The van der Waals surface area contributed by atoms with Gasteiger partial charge in [-0.1, -0.05) is 23.7 Å². The van der Waals surface area contributed by atoms with Gasteiger partial charge in [0.15, 0.2) is 0 Å². The Bertz CT molecular complexity index is 978. The summed E-state index contributed by atoms with van der Waals surface area (Å²) in [7, 11) is 0. The van der Waals surface area contributed by atoms with Gasteiger partial charge < -0.3 is 14.9 Å². The monoisotopic (exact) mass is 433 g/mol. The Morgan fingerprint density at radius 2 is 2.03 bits per heavy atom. The van der Waals surface area contributed by atoms with Crippen LogP contribution in [0, 0.1) is 5.95 Å². The Hall–Kier alpha value is -1.83. The van der Waals surface area contributed by atoms with E-state index in [1.807, 2.05) is 30.3 Å². The predicted octanol–water partition coefficient (Wildman–Crippen LogP) is 4.77. The van der Waals surface area contributed by atoms with Crippen molar-refractivity contribution < 1.29 is 19.3 Å². The molecule has 152 valence electrons. The first kappa shape index (κ1) is 20.4. The second-order valence-corrected chi connectivity index (χ2v) is 8.79. The Labute approximate surface area is 177 Å². The van der Waals surface area contributed by atoms with Crippen LogP contribution in [0.4, 0.5) is 4.39 Å². The molecule has 0 bridgehead atoms. The molecule has 3 heterocycles. The summed E-state index contributed by atoms with van der Waals surface area (Å²) in [5, 5.41) is 20.2. The normalized spacial score (nSPS) is 22.0. The van der Waals surface area contributed by atoms with Crippen molar-refractivity contribution in [2.75, 3.05) is 6.61 Å². The number of ether oxygens (including phenoxy) is 1. The lowest BCUT2D eigenvalue weighted by molar-refractivity contribution is -0.113. The van der Waals surface area contributed by atoms with E-state index in [1.54, 1.807) is 17.4 Å². The molecule has 0 saturated carbocycles. The number of nitrogens with zero attached hydrogens (tertiary/aromatic N) is 1. The van der Waals surface area contributed by atoms with Crippen molar-refractivity contribution in [3.05, 3.63) is 75.6 Å². The summed E-state index contributed by atoms with van der Waals surface area (Å²) in [6.45, 7) is -0.107. The van der Waals surface area contributed by atoms with Gasteiger partial charge in [0.25, 0.3) is 0 Å². The van der Waals surface area contributed by atoms with E-state index in [0.717, 1.165) is 26.4 Å². The summed E-state index contributed by atoms with van der Waals surface area (Å²) in [5.41, 5.74) is 2.79. The van der Waals surface area contributed by atoms with Crippen molar-refractivity contribution in [1.29, 1.82) is 0 Å². The average Bonchev–Trinajstić information content (AvgIpc) is 3.18. The Morgan fingerprint density at radius 3 is 2.79 bits per heavy atom. The maximum absolute atomic E-state index is 13.0. The van der Waals surface area contributed by atoms with Crippen molar-refractivity contribution in [2.24, 2.45) is 0 Å². The van der Waals surface area contributed by atoms with Gasteiger partial charge in [0.1, 0.15) is 0 Å². The lowest BCUT2D eigenvalue weighted by atomic mass is 9.94. The van der Waals surface area contributed by atoms with Gasteiger partial charge in [0.05, 0.1) is 24.9 Å². The van der Waals surface area contributed by atoms with Crippen LogP contribution >= 0.6 is 22.9 Å². The van der Waals surface area contributed by atoms with E-state index < -0.39 is 12.1 Å². The molecule has 1 saturated heterocycles. The van der Waals surface area contributed by atoms with Gasteiger partial charge in [-0.15, -0.1) is 11.3 Å². The molecule has 1 aromatic carbocycles. The molecule has 4 nitrogen and oxygen atoms in total. The zero-order valence-electron chi connectivity index (χ0n) is 15.6.